The molecule has 3 nitrogen and oxygen atoms in total. The molecule has 1 atom stereocenters. The molecule has 4 heteroatoms. The molecular weight excluding hydrogens is 243 g/mol. The van der Waals surface area contributed by atoms with Crippen LogP contribution in [0.4, 0.5) is 4.39 Å². The van der Waals surface area contributed by atoms with Gasteiger partial charge in [0, 0.05) is 6.20 Å². The van der Waals surface area contributed by atoms with Crippen LogP contribution in [0.15, 0.2) is 42.7 Å². The van der Waals surface area contributed by atoms with E-state index in [1.54, 1.807) is 24.5 Å². The third kappa shape index (κ3) is 2.90. The van der Waals surface area contributed by atoms with Crippen LogP contribution < -0.4 is 10.5 Å². The van der Waals surface area contributed by atoms with Crippen molar-refractivity contribution in [2.75, 3.05) is 6.61 Å². The smallest absolute Gasteiger partial charge is 0.137 e. The molecule has 0 aliphatic rings. The average molecular weight is 260 g/mol. The summed E-state index contributed by atoms with van der Waals surface area (Å²) in [7, 11) is 0. The van der Waals surface area contributed by atoms with Gasteiger partial charge in [-0.2, -0.15) is 0 Å². The number of ether oxygens (including phenoxy) is 1. The lowest BCUT2D eigenvalue weighted by molar-refractivity contribution is 0.337. The molecule has 0 bridgehead atoms. The number of benzene rings is 1. The lowest BCUT2D eigenvalue weighted by atomic mass is 9.86. The number of halogens is 1. The Labute approximate surface area is 112 Å². The third-order valence-electron chi connectivity index (χ3n) is 3.05. The maximum atomic E-state index is 13.3. The number of nitrogens with two attached hydrogens (primary N) is 1. The topological polar surface area (TPSA) is 48.1 Å². The SMILES string of the molecule is CCOc1cncc(C(C)(N)c2cccc(F)c2)c1. The lowest BCUT2D eigenvalue weighted by Gasteiger charge is -2.26. The molecule has 2 aromatic rings. The second-order valence-electron chi connectivity index (χ2n) is 4.56. The van der Waals surface area contributed by atoms with Gasteiger partial charge >= 0.3 is 0 Å². The van der Waals surface area contributed by atoms with Crippen LogP contribution in [0.1, 0.15) is 25.0 Å². The molecule has 19 heavy (non-hydrogen) atoms. The maximum Gasteiger partial charge on any atom is 0.137 e. The Kier molecular flexibility index (Phi) is 3.81. The summed E-state index contributed by atoms with van der Waals surface area (Å²) in [5, 5.41) is 0. The van der Waals surface area contributed by atoms with Gasteiger partial charge in [0.05, 0.1) is 18.3 Å². The molecule has 0 amide bonds. The summed E-state index contributed by atoms with van der Waals surface area (Å²) in [5.74, 6) is 0.358. The molecule has 2 N–H and O–H groups in total. The van der Waals surface area contributed by atoms with Crippen LogP contribution in [-0.4, -0.2) is 11.6 Å². The van der Waals surface area contributed by atoms with Crippen molar-refractivity contribution in [3.63, 3.8) is 0 Å². The highest BCUT2D eigenvalue weighted by molar-refractivity contribution is 5.38. The molecule has 100 valence electrons. The third-order valence-corrected chi connectivity index (χ3v) is 3.05. The fourth-order valence-electron chi connectivity index (χ4n) is 1.93. The van der Waals surface area contributed by atoms with Gasteiger partial charge in [-0.3, -0.25) is 4.98 Å². The summed E-state index contributed by atoms with van der Waals surface area (Å²) in [6.45, 7) is 4.29. The average Bonchev–Trinajstić information content (AvgIpc) is 2.39. The summed E-state index contributed by atoms with van der Waals surface area (Å²) >= 11 is 0. The zero-order valence-electron chi connectivity index (χ0n) is 11.1. The molecular formula is C15H17FN2O. The summed E-state index contributed by atoms with van der Waals surface area (Å²) in [6.07, 6.45) is 3.31. The minimum atomic E-state index is -0.817. The molecule has 0 aliphatic heterocycles. The number of pyridine rings is 1. The molecule has 1 aromatic heterocycles. The zero-order chi connectivity index (χ0) is 13.9. The van der Waals surface area contributed by atoms with Gasteiger partial charge in [-0.1, -0.05) is 12.1 Å². The van der Waals surface area contributed by atoms with E-state index in [2.05, 4.69) is 4.98 Å². The normalized spacial score (nSPS) is 13.9. The molecule has 0 spiro atoms. The number of hydrogen-bond donors (Lipinski definition) is 1. The largest absolute Gasteiger partial charge is 0.492 e. The second-order valence-corrected chi connectivity index (χ2v) is 4.56. The fourth-order valence-corrected chi connectivity index (χ4v) is 1.93. The molecule has 0 fully saturated rings. The van der Waals surface area contributed by atoms with Crippen LogP contribution in [0.3, 0.4) is 0 Å². The van der Waals surface area contributed by atoms with E-state index in [0.29, 0.717) is 17.9 Å². The highest BCUT2D eigenvalue weighted by atomic mass is 19.1. The van der Waals surface area contributed by atoms with Crippen LogP contribution in [0.25, 0.3) is 0 Å². The first-order valence-electron chi connectivity index (χ1n) is 6.17. The van der Waals surface area contributed by atoms with Gasteiger partial charge in [-0.25, -0.2) is 4.39 Å². The first kappa shape index (κ1) is 13.5. The Balaban J connectivity index is 2.41. The van der Waals surface area contributed by atoms with Crippen LogP contribution in [0.2, 0.25) is 0 Å². The predicted octanol–water partition coefficient (Wildman–Crippen LogP) is 2.84. The fraction of sp³-hybridized carbons (Fsp3) is 0.267. The number of nitrogens with zero attached hydrogens (tertiary/aromatic N) is 1. The maximum absolute atomic E-state index is 13.3. The van der Waals surface area contributed by atoms with Gasteiger partial charge in [-0.15, -0.1) is 0 Å². The van der Waals surface area contributed by atoms with Gasteiger partial charge in [0.15, 0.2) is 0 Å². The zero-order valence-corrected chi connectivity index (χ0v) is 11.1. The van der Waals surface area contributed by atoms with Gasteiger partial charge in [0.1, 0.15) is 11.6 Å². The molecule has 1 unspecified atom stereocenters. The van der Waals surface area contributed by atoms with E-state index >= 15 is 0 Å². The Bertz CT molecular complexity index is 570. The molecule has 1 aromatic carbocycles. The minimum absolute atomic E-state index is 0.303. The quantitative estimate of drug-likeness (QED) is 0.919. The highest BCUT2D eigenvalue weighted by Gasteiger charge is 2.25. The van der Waals surface area contributed by atoms with Gasteiger partial charge in [0.25, 0.3) is 0 Å². The Hall–Kier alpha value is -1.94. The second kappa shape index (κ2) is 5.36. The van der Waals surface area contributed by atoms with Crippen LogP contribution >= 0.6 is 0 Å². The van der Waals surface area contributed by atoms with E-state index in [9.17, 15) is 4.39 Å². The lowest BCUT2D eigenvalue weighted by Crippen LogP contribution is -2.34. The van der Waals surface area contributed by atoms with Crippen molar-refractivity contribution in [1.29, 1.82) is 0 Å². The van der Waals surface area contributed by atoms with E-state index < -0.39 is 5.54 Å². The molecule has 2 rings (SSSR count). The van der Waals surface area contributed by atoms with E-state index in [4.69, 9.17) is 10.5 Å². The van der Waals surface area contributed by atoms with Crippen molar-refractivity contribution >= 4 is 0 Å². The van der Waals surface area contributed by atoms with Crippen molar-refractivity contribution in [1.82, 2.24) is 4.98 Å². The Morgan fingerprint density at radius 1 is 1.26 bits per heavy atom. The molecule has 0 saturated carbocycles. The Morgan fingerprint density at radius 3 is 2.74 bits per heavy atom. The number of aromatic nitrogens is 1. The first-order chi connectivity index (χ1) is 9.04. The van der Waals surface area contributed by atoms with E-state index in [1.165, 1.54) is 12.1 Å². The van der Waals surface area contributed by atoms with Crippen LogP contribution in [0.5, 0.6) is 5.75 Å². The van der Waals surface area contributed by atoms with Crippen LogP contribution in [0, 0.1) is 5.82 Å². The first-order valence-corrected chi connectivity index (χ1v) is 6.17. The minimum Gasteiger partial charge on any atom is -0.492 e. The number of rotatable bonds is 4. The van der Waals surface area contributed by atoms with Crippen LogP contribution in [-0.2, 0) is 5.54 Å². The Morgan fingerprint density at radius 2 is 2.05 bits per heavy atom. The van der Waals surface area contributed by atoms with Gasteiger partial charge < -0.3 is 10.5 Å². The van der Waals surface area contributed by atoms with E-state index in [1.807, 2.05) is 19.9 Å². The summed E-state index contributed by atoms with van der Waals surface area (Å²) in [5.41, 5.74) is 6.99. The molecule has 0 radical (unpaired) electrons. The summed E-state index contributed by atoms with van der Waals surface area (Å²) < 4.78 is 18.7. The van der Waals surface area contributed by atoms with Crippen molar-refractivity contribution in [2.24, 2.45) is 5.73 Å². The van der Waals surface area contributed by atoms with Gasteiger partial charge in [0.2, 0.25) is 0 Å². The van der Waals surface area contributed by atoms with Crippen molar-refractivity contribution < 1.29 is 9.13 Å². The molecule has 0 saturated heterocycles. The molecule has 1 heterocycles. The monoisotopic (exact) mass is 260 g/mol. The number of hydrogen-bond acceptors (Lipinski definition) is 3. The summed E-state index contributed by atoms with van der Waals surface area (Å²) in [6, 6.07) is 8.12. The highest BCUT2D eigenvalue weighted by Crippen LogP contribution is 2.28. The molecule has 0 aliphatic carbocycles. The van der Waals surface area contributed by atoms with Gasteiger partial charge in [-0.05, 0) is 43.2 Å². The van der Waals surface area contributed by atoms with Crippen molar-refractivity contribution in [3.8, 4) is 5.75 Å². The predicted molar refractivity (Wildman–Crippen MR) is 72.4 cm³/mol. The standard InChI is InChI=1S/C15H17FN2O/c1-3-19-14-8-12(9-18-10-14)15(2,17)11-5-4-6-13(16)7-11/h4-10H,3,17H2,1-2H3. The van der Waals surface area contributed by atoms with Crippen molar-refractivity contribution in [2.45, 2.75) is 19.4 Å². The van der Waals surface area contributed by atoms with Crippen molar-refractivity contribution in [3.05, 3.63) is 59.7 Å². The van der Waals surface area contributed by atoms with E-state index in [0.717, 1.165) is 5.56 Å². The summed E-state index contributed by atoms with van der Waals surface area (Å²) in [4.78, 5) is 4.12. The van der Waals surface area contributed by atoms with E-state index in [-0.39, 0.29) is 5.82 Å².